The minimum Gasteiger partial charge on any atom is -0.469 e. The monoisotopic (exact) mass is 319 g/mol. The molecule has 126 valence electrons. The van der Waals surface area contributed by atoms with E-state index in [1.54, 1.807) is 6.26 Å². The van der Waals surface area contributed by atoms with Crippen molar-refractivity contribution in [2.24, 2.45) is 0 Å². The first-order valence-corrected chi connectivity index (χ1v) is 8.48. The van der Waals surface area contributed by atoms with E-state index in [1.165, 1.54) is 0 Å². The molecule has 0 aromatic carbocycles. The Hall–Kier alpha value is -1.82. The molecule has 1 aromatic rings. The maximum Gasteiger partial charge on any atom is 0.237 e. The third-order valence-electron chi connectivity index (χ3n) is 4.68. The Morgan fingerprint density at radius 1 is 1.30 bits per heavy atom. The van der Waals surface area contributed by atoms with E-state index < -0.39 is 0 Å². The molecule has 0 radical (unpaired) electrons. The summed E-state index contributed by atoms with van der Waals surface area (Å²) in [6.45, 7) is 4.85. The maximum atomic E-state index is 12.2. The molecule has 1 aromatic heterocycles. The lowest BCUT2D eigenvalue weighted by atomic mass is 10.2. The molecule has 0 spiro atoms. The molecule has 6 nitrogen and oxygen atoms in total. The average molecular weight is 319 g/mol. The SMILES string of the molecule is CC(C(=O)NC1CC1)N1CCN(C(=O)CCc2ccco2)CC1. The van der Waals surface area contributed by atoms with Crippen molar-refractivity contribution in [2.75, 3.05) is 26.2 Å². The highest BCUT2D eigenvalue weighted by molar-refractivity contribution is 5.82. The molecule has 2 fully saturated rings. The normalized spacial score (nSPS) is 20.3. The van der Waals surface area contributed by atoms with E-state index in [2.05, 4.69) is 10.2 Å². The third kappa shape index (κ3) is 4.34. The van der Waals surface area contributed by atoms with Crippen LogP contribution in [0.4, 0.5) is 0 Å². The van der Waals surface area contributed by atoms with Crippen LogP contribution in [0, 0.1) is 0 Å². The molecule has 23 heavy (non-hydrogen) atoms. The number of nitrogens with zero attached hydrogens (tertiary/aromatic N) is 2. The number of piperazine rings is 1. The Kier molecular flexibility index (Phi) is 5.00. The predicted octanol–water partition coefficient (Wildman–Crippen LogP) is 1.02. The van der Waals surface area contributed by atoms with Gasteiger partial charge in [0.2, 0.25) is 11.8 Å². The number of amides is 2. The van der Waals surface area contributed by atoms with Crippen molar-refractivity contribution < 1.29 is 14.0 Å². The Balaban J connectivity index is 1.40. The van der Waals surface area contributed by atoms with Crippen molar-refractivity contribution in [3.63, 3.8) is 0 Å². The molecule has 2 amide bonds. The highest BCUT2D eigenvalue weighted by Gasteiger charge is 2.30. The van der Waals surface area contributed by atoms with Crippen LogP contribution in [0.2, 0.25) is 0 Å². The Labute approximate surface area is 136 Å². The lowest BCUT2D eigenvalue weighted by Gasteiger charge is -2.37. The minimum absolute atomic E-state index is 0.115. The summed E-state index contributed by atoms with van der Waals surface area (Å²) in [4.78, 5) is 28.4. The Bertz CT molecular complexity index is 531. The minimum atomic E-state index is -0.115. The van der Waals surface area contributed by atoms with Gasteiger partial charge in [0.25, 0.3) is 0 Å². The number of carbonyl (C=O) groups is 2. The first kappa shape index (κ1) is 16.1. The molecule has 1 aliphatic carbocycles. The number of carbonyl (C=O) groups excluding carboxylic acids is 2. The Morgan fingerprint density at radius 2 is 2.04 bits per heavy atom. The summed E-state index contributed by atoms with van der Waals surface area (Å²) in [7, 11) is 0. The summed E-state index contributed by atoms with van der Waals surface area (Å²) < 4.78 is 5.26. The van der Waals surface area contributed by atoms with Crippen LogP contribution < -0.4 is 5.32 Å². The van der Waals surface area contributed by atoms with E-state index in [0.717, 1.165) is 31.7 Å². The number of furan rings is 1. The molecule has 2 aliphatic rings. The van der Waals surface area contributed by atoms with E-state index in [4.69, 9.17) is 4.42 Å². The van der Waals surface area contributed by atoms with Gasteiger partial charge in [-0.1, -0.05) is 0 Å². The van der Waals surface area contributed by atoms with Gasteiger partial charge in [0.05, 0.1) is 12.3 Å². The fraction of sp³-hybridized carbons (Fsp3) is 0.647. The van der Waals surface area contributed by atoms with Crippen LogP contribution in [0.15, 0.2) is 22.8 Å². The van der Waals surface area contributed by atoms with E-state index in [1.807, 2.05) is 24.0 Å². The Morgan fingerprint density at radius 3 is 2.65 bits per heavy atom. The fourth-order valence-electron chi connectivity index (χ4n) is 2.92. The van der Waals surface area contributed by atoms with Gasteiger partial charge in [-0.2, -0.15) is 0 Å². The van der Waals surface area contributed by atoms with Crippen molar-refractivity contribution in [2.45, 2.75) is 44.7 Å². The van der Waals surface area contributed by atoms with Crippen molar-refractivity contribution >= 4 is 11.8 Å². The molecule has 1 N–H and O–H groups in total. The maximum absolute atomic E-state index is 12.2. The second-order valence-electron chi connectivity index (χ2n) is 6.45. The summed E-state index contributed by atoms with van der Waals surface area (Å²) in [6.07, 6.45) is 4.97. The fourth-order valence-corrected chi connectivity index (χ4v) is 2.92. The van der Waals surface area contributed by atoms with Gasteiger partial charge in [0.15, 0.2) is 0 Å². The molecular weight excluding hydrogens is 294 g/mol. The summed E-state index contributed by atoms with van der Waals surface area (Å²) in [6, 6.07) is 4.02. The van der Waals surface area contributed by atoms with Gasteiger partial charge >= 0.3 is 0 Å². The summed E-state index contributed by atoms with van der Waals surface area (Å²) in [5.74, 6) is 1.13. The highest BCUT2D eigenvalue weighted by atomic mass is 16.3. The van der Waals surface area contributed by atoms with Crippen molar-refractivity contribution in [3.8, 4) is 0 Å². The van der Waals surface area contributed by atoms with Gasteiger partial charge in [-0.3, -0.25) is 14.5 Å². The zero-order valence-corrected chi connectivity index (χ0v) is 13.7. The molecule has 1 atom stereocenters. The molecule has 0 bridgehead atoms. The van der Waals surface area contributed by atoms with Crippen LogP contribution in [0.5, 0.6) is 0 Å². The topological polar surface area (TPSA) is 65.8 Å². The summed E-state index contributed by atoms with van der Waals surface area (Å²) >= 11 is 0. The number of nitrogens with one attached hydrogen (secondary N) is 1. The second kappa shape index (κ2) is 7.17. The van der Waals surface area contributed by atoms with Crippen LogP contribution in [0.25, 0.3) is 0 Å². The summed E-state index contributed by atoms with van der Waals surface area (Å²) in [5.41, 5.74) is 0. The first-order valence-electron chi connectivity index (χ1n) is 8.48. The second-order valence-corrected chi connectivity index (χ2v) is 6.45. The van der Waals surface area contributed by atoms with Crippen molar-refractivity contribution in [1.29, 1.82) is 0 Å². The largest absolute Gasteiger partial charge is 0.469 e. The lowest BCUT2D eigenvalue weighted by molar-refractivity contribution is -0.134. The zero-order valence-electron chi connectivity index (χ0n) is 13.7. The van der Waals surface area contributed by atoms with Crippen LogP contribution in [0.3, 0.4) is 0 Å². The van der Waals surface area contributed by atoms with Gasteiger partial charge < -0.3 is 14.6 Å². The van der Waals surface area contributed by atoms with Gasteiger partial charge in [0, 0.05) is 45.1 Å². The van der Waals surface area contributed by atoms with Crippen molar-refractivity contribution in [3.05, 3.63) is 24.2 Å². The average Bonchev–Trinajstić information content (AvgIpc) is 3.23. The van der Waals surface area contributed by atoms with E-state index in [9.17, 15) is 9.59 Å². The standard InChI is InChI=1S/C17H25N3O3/c1-13(17(22)18-14-4-5-14)19-8-10-20(11-9-19)16(21)7-6-15-3-2-12-23-15/h2-3,12-14H,4-11H2,1H3,(H,18,22). The molecule has 6 heteroatoms. The van der Waals surface area contributed by atoms with Crippen LogP contribution in [-0.2, 0) is 16.0 Å². The van der Waals surface area contributed by atoms with Gasteiger partial charge in [-0.25, -0.2) is 0 Å². The van der Waals surface area contributed by atoms with E-state index >= 15 is 0 Å². The number of hydrogen-bond acceptors (Lipinski definition) is 4. The molecule has 1 aliphatic heterocycles. The van der Waals surface area contributed by atoms with Crippen LogP contribution in [-0.4, -0.2) is 59.9 Å². The van der Waals surface area contributed by atoms with E-state index in [-0.39, 0.29) is 17.9 Å². The molecule has 1 unspecified atom stereocenters. The number of rotatable bonds is 6. The molecule has 1 saturated carbocycles. The quantitative estimate of drug-likeness (QED) is 0.850. The predicted molar refractivity (Wildman–Crippen MR) is 85.8 cm³/mol. The van der Waals surface area contributed by atoms with Gasteiger partial charge in [0.1, 0.15) is 5.76 Å². The smallest absolute Gasteiger partial charge is 0.237 e. The molecule has 3 rings (SSSR count). The molecule has 2 heterocycles. The van der Waals surface area contributed by atoms with Crippen LogP contribution in [0.1, 0.15) is 31.9 Å². The highest BCUT2D eigenvalue weighted by Crippen LogP contribution is 2.19. The van der Waals surface area contributed by atoms with E-state index in [0.29, 0.717) is 32.0 Å². The van der Waals surface area contributed by atoms with Crippen LogP contribution >= 0.6 is 0 Å². The van der Waals surface area contributed by atoms with Crippen molar-refractivity contribution in [1.82, 2.24) is 15.1 Å². The summed E-state index contributed by atoms with van der Waals surface area (Å²) in [5, 5.41) is 3.05. The van der Waals surface area contributed by atoms with Gasteiger partial charge in [-0.15, -0.1) is 0 Å². The van der Waals surface area contributed by atoms with Gasteiger partial charge in [-0.05, 0) is 31.9 Å². The third-order valence-corrected chi connectivity index (χ3v) is 4.68. The molecular formula is C17H25N3O3. The lowest BCUT2D eigenvalue weighted by Crippen LogP contribution is -2.55. The molecule has 1 saturated heterocycles. The first-order chi connectivity index (χ1) is 11.1. The number of hydrogen-bond donors (Lipinski definition) is 1. The number of aryl methyl sites for hydroxylation is 1. The zero-order chi connectivity index (χ0) is 16.2.